The van der Waals surface area contributed by atoms with Gasteiger partial charge in [0.05, 0.1) is 0 Å². The molecule has 1 heterocycles. The minimum atomic E-state index is -0.283. The molecule has 2 aromatic rings. The van der Waals surface area contributed by atoms with E-state index in [1.807, 2.05) is 6.07 Å². The Morgan fingerprint density at radius 3 is 2.90 bits per heavy atom. The summed E-state index contributed by atoms with van der Waals surface area (Å²) in [7, 11) is 0. The van der Waals surface area contributed by atoms with Gasteiger partial charge in [-0.2, -0.15) is 0 Å². The minimum Gasteiger partial charge on any atom is -0.330 e. The van der Waals surface area contributed by atoms with Crippen molar-refractivity contribution in [1.82, 2.24) is 9.88 Å². The maximum Gasteiger partial charge on any atom is 0.273 e. The van der Waals surface area contributed by atoms with Gasteiger partial charge in [0.15, 0.2) is 0 Å². The fourth-order valence-corrected chi connectivity index (χ4v) is 2.88. The van der Waals surface area contributed by atoms with Crippen molar-refractivity contribution >= 4 is 17.2 Å². The van der Waals surface area contributed by atoms with Crippen LogP contribution in [0.5, 0.6) is 0 Å². The van der Waals surface area contributed by atoms with Crippen LogP contribution in [0.15, 0.2) is 29.6 Å². The molecule has 0 unspecified atom stereocenters. The summed E-state index contributed by atoms with van der Waals surface area (Å²) in [5.74, 6) is -0.382. The van der Waals surface area contributed by atoms with Gasteiger partial charge in [0.1, 0.15) is 16.5 Å². The largest absolute Gasteiger partial charge is 0.330 e. The predicted molar refractivity (Wildman–Crippen MR) is 79.3 cm³/mol. The number of carbonyl (C=O) groups is 1. The maximum atomic E-state index is 13.3. The van der Waals surface area contributed by atoms with Crippen LogP contribution in [0.25, 0.3) is 0 Å². The van der Waals surface area contributed by atoms with Gasteiger partial charge in [-0.05, 0) is 30.5 Å². The van der Waals surface area contributed by atoms with E-state index >= 15 is 0 Å². The third-order valence-electron chi connectivity index (χ3n) is 3.44. The van der Waals surface area contributed by atoms with E-state index in [1.54, 1.807) is 16.3 Å². The van der Waals surface area contributed by atoms with Crippen LogP contribution in [0.4, 0.5) is 4.39 Å². The third kappa shape index (κ3) is 3.28. The van der Waals surface area contributed by atoms with Crippen LogP contribution in [0.1, 0.15) is 33.9 Å². The first-order valence-electron chi connectivity index (χ1n) is 6.87. The molecule has 2 N–H and O–H groups in total. The number of carbonyl (C=O) groups excluding carboxylic acids is 1. The number of halogens is 1. The molecule has 110 valence electrons. The van der Waals surface area contributed by atoms with Gasteiger partial charge < -0.3 is 10.6 Å². The smallest absolute Gasteiger partial charge is 0.273 e. The molecule has 4 nitrogen and oxygen atoms in total. The average Bonchev–Trinajstić information content (AvgIpc) is 3.20. The Morgan fingerprint density at radius 1 is 1.48 bits per heavy atom. The second kappa shape index (κ2) is 5.91. The summed E-state index contributed by atoms with van der Waals surface area (Å²) in [5.41, 5.74) is 6.76. The van der Waals surface area contributed by atoms with Crippen LogP contribution < -0.4 is 5.73 Å². The highest BCUT2D eigenvalue weighted by atomic mass is 32.1. The highest BCUT2D eigenvalue weighted by Gasteiger charge is 2.34. The molecule has 21 heavy (non-hydrogen) atoms. The van der Waals surface area contributed by atoms with Gasteiger partial charge in [-0.15, -0.1) is 11.3 Å². The molecule has 0 aliphatic heterocycles. The predicted octanol–water partition coefficient (Wildman–Crippen LogP) is 2.55. The molecule has 0 spiro atoms. The number of benzene rings is 1. The van der Waals surface area contributed by atoms with Gasteiger partial charge in [-0.1, -0.05) is 12.1 Å². The molecule has 0 radical (unpaired) electrons. The fraction of sp³-hybridized carbons (Fsp3) is 0.333. The molecule has 1 aromatic carbocycles. The van der Waals surface area contributed by atoms with Gasteiger partial charge in [-0.3, -0.25) is 4.79 Å². The fourth-order valence-electron chi connectivity index (χ4n) is 2.23. The summed E-state index contributed by atoms with van der Waals surface area (Å²) in [5, 5.41) is 2.49. The lowest BCUT2D eigenvalue weighted by Crippen LogP contribution is -2.32. The number of hydrogen-bond acceptors (Lipinski definition) is 4. The quantitative estimate of drug-likeness (QED) is 0.923. The standard InChI is InChI=1S/C15H16FN3OS/c16-11-3-1-2-10(6-11)8-19(12-4-5-12)15(20)13-9-21-14(7-17)18-13/h1-3,6,9,12H,4-5,7-8,17H2. The molecule has 1 aliphatic carbocycles. The monoisotopic (exact) mass is 305 g/mol. The van der Waals surface area contributed by atoms with Gasteiger partial charge in [0, 0.05) is 24.5 Å². The number of thiazole rings is 1. The highest BCUT2D eigenvalue weighted by Crippen LogP contribution is 2.30. The second-order valence-electron chi connectivity index (χ2n) is 5.12. The minimum absolute atomic E-state index is 0.0993. The number of rotatable bonds is 5. The first kappa shape index (κ1) is 14.2. The van der Waals surface area contributed by atoms with Crippen LogP contribution in [0, 0.1) is 5.82 Å². The van der Waals surface area contributed by atoms with Crippen LogP contribution in [-0.4, -0.2) is 21.8 Å². The van der Waals surface area contributed by atoms with Crippen molar-refractivity contribution in [3.63, 3.8) is 0 Å². The summed E-state index contributed by atoms with van der Waals surface area (Å²) in [4.78, 5) is 18.6. The van der Waals surface area contributed by atoms with E-state index in [4.69, 9.17) is 5.73 Å². The maximum absolute atomic E-state index is 13.3. The summed E-state index contributed by atoms with van der Waals surface area (Å²) in [6, 6.07) is 6.60. The van der Waals surface area contributed by atoms with Crippen molar-refractivity contribution in [2.75, 3.05) is 0 Å². The zero-order valence-electron chi connectivity index (χ0n) is 11.5. The molecule has 0 bridgehead atoms. The van der Waals surface area contributed by atoms with E-state index in [-0.39, 0.29) is 17.8 Å². The number of hydrogen-bond donors (Lipinski definition) is 1. The SMILES string of the molecule is NCc1nc(C(=O)N(Cc2cccc(F)c2)C2CC2)cs1. The number of amides is 1. The van der Waals surface area contributed by atoms with Crippen LogP contribution in [0.2, 0.25) is 0 Å². The third-order valence-corrected chi connectivity index (χ3v) is 4.31. The summed E-state index contributed by atoms with van der Waals surface area (Å²) in [6.45, 7) is 0.752. The zero-order valence-corrected chi connectivity index (χ0v) is 12.3. The summed E-state index contributed by atoms with van der Waals surface area (Å²) < 4.78 is 13.3. The van der Waals surface area contributed by atoms with E-state index in [0.717, 1.165) is 23.4 Å². The molecular weight excluding hydrogens is 289 g/mol. The van der Waals surface area contributed by atoms with Crippen LogP contribution in [-0.2, 0) is 13.1 Å². The Labute approximate surface area is 126 Å². The van der Waals surface area contributed by atoms with Crippen molar-refractivity contribution in [3.05, 3.63) is 51.7 Å². The molecule has 0 saturated heterocycles. The summed E-state index contributed by atoms with van der Waals surface area (Å²) >= 11 is 1.39. The Morgan fingerprint density at radius 2 is 2.29 bits per heavy atom. The van der Waals surface area contributed by atoms with E-state index in [9.17, 15) is 9.18 Å². The van der Waals surface area contributed by atoms with Crippen molar-refractivity contribution < 1.29 is 9.18 Å². The van der Waals surface area contributed by atoms with Crippen molar-refractivity contribution in [2.24, 2.45) is 5.73 Å². The Balaban J connectivity index is 1.79. The Hall–Kier alpha value is -1.79. The molecule has 1 aromatic heterocycles. The molecule has 1 amide bonds. The van der Waals surface area contributed by atoms with E-state index in [1.165, 1.54) is 23.5 Å². The molecular formula is C15H16FN3OS. The first-order valence-corrected chi connectivity index (χ1v) is 7.75. The highest BCUT2D eigenvalue weighted by molar-refractivity contribution is 7.09. The molecule has 1 aliphatic rings. The normalized spacial score (nSPS) is 14.2. The zero-order chi connectivity index (χ0) is 14.8. The molecule has 3 rings (SSSR count). The van der Waals surface area contributed by atoms with Crippen LogP contribution >= 0.6 is 11.3 Å². The second-order valence-corrected chi connectivity index (χ2v) is 6.07. The topological polar surface area (TPSA) is 59.2 Å². The average molecular weight is 305 g/mol. The first-order chi connectivity index (χ1) is 10.2. The number of aromatic nitrogens is 1. The number of nitrogens with two attached hydrogens (primary N) is 1. The van der Waals surface area contributed by atoms with Crippen molar-refractivity contribution in [2.45, 2.75) is 32.0 Å². The molecule has 0 atom stereocenters. The van der Waals surface area contributed by atoms with Gasteiger partial charge in [0.2, 0.25) is 0 Å². The van der Waals surface area contributed by atoms with Crippen LogP contribution in [0.3, 0.4) is 0 Å². The van der Waals surface area contributed by atoms with Gasteiger partial charge in [-0.25, -0.2) is 9.37 Å². The Bertz CT molecular complexity index is 654. The lowest BCUT2D eigenvalue weighted by molar-refractivity contribution is 0.0724. The summed E-state index contributed by atoms with van der Waals surface area (Å²) in [6.07, 6.45) is 1.99. The molecule has 1 saturated carbocycles. The molecule has 1 fully saturated rings. The Kier molecular flexibility index (Phi) is 3.98. The van der Waals surface area contributed by atoms with E-state index in [2.05, 4.69) is 4.98 Å². The van der Waals surface area contributed by atoms with Gasteiger partial charge >= 0.3 is 0 Å². The lowest BCUT2D eigenvalue weighted by Gasteiger charge is -2.21. The van der Waals surface area contributed by atoms with Gasteiger partial charge in [0.25, 0.3) is 5.91 Å². The molecule has 6 heteroatoms. The lowest BCUT2D eigenvalue weighted by atomic mass is 10.2. The van der Waals surface area contributed by atoms with Crippen molar-refractivity contribution in [1.29, 1.82) is 0 Å². The van der Waals surface area contributed by atoms with E-state index in [0.29, 0.717) is 18.8 Å². The van der Waals surface area contributed by atoms with E-state index < -0.39 is 0 Å². The number of nitrogens with zero attached hydrogens (tertiary/aromatic N) is 2. The van der Waals surface area contributed by atoms with Crippen molar-refractivity contribution in [3.8, 4) is 0 Å².